The topological polar surface area (TPSA) is 26.3 Å². The molecule has 0 heterocycles. The van der Waals surface area contributed by atoms with E-state index in [0.29, 0.717) is 11.7 Å². The van der Waals surface area contributed by atoms with Crippen molar-refractivity contribution in [2.75, 3.05) is 0 Å². The van der Waals surface area contributed by atoms with Crippen molar-refractivity contribution >= 4 is 5.97 Å². The van der Waals surface area contributed by atoms with Crippen molar-refractivity contribution in [3.63, 3.8) is 0 Å². The molecule has 0 aliphatic heterocycles. The van der Waals surface area contributed by atoms with Crippen LogP contribution in [0.15, 0.2) is 48.5 Å². The summed E-state index contributed by atoms with van der Waals surface area (Å²) < 4.78 is 5.57. The molecule has 0 saturated heterocycles. The summed E-state index contributed by atoms with van der Waals surface area (Å²) in [6, 6.07) is 16.7. The monoisotopic (exact) mass is 364 g/mol. The molecule has 144 valence electrons. The molecule has 0 radical (unpaired) electrons. The highest BCUT2D eigenvalue weighted by Crippen LogP contribution is 2.37. The molecule has 27 heavy (non-hydrogen) atoms. The summed E-state index contributed by atoms with van der Waals surface area (Å²) in [7, 11) is 0. The van der Waals surface area contributed by atoms with E-state index in [0.717, 1.165) is 24.3 Å². The fraction of sp³-hybridized carbons (Fsp3) is 0.480. The summed E-state index contributed by atoms with van der Waals surface area (Å²) >= 11 is 0. The lowest BCUT2D eigenvalue weighted by atomic mass is 9.73. The second-order valence-electron chi connectivity index (χ2n) is 8.08. The lowest BCUT2D eigenvalue weighted by Gasteiger charge is -2.33. The average molecular weight is 365 g/mol. The Hall–Kier alpha value is -2.09. The van der Waals surface area contributed by atoms with Gasteiger partial charge in [0.1, 0.15) is 5.75 Å². The highest BCUT2D eigenvalue weighted by Gasteiger charge is 2.35. The average Bonchev–Trinajstić information content (AvgIpc) is 2.65. The smallest absolute Gasteiger partial charge is 0.314 e. The summed E-state index contributed by atoms with van der Waals surface area (Å²) in [5.41, 5.74) is 3.74. The van der Waals surface area contributed by atoms with E-state index in [1.54, 1.807) is 0 Å². The second kappa shape index (κ2) is 9.21. The van der Waals surface area contributed by atoms with Crippen LogP contribution in [0.4, 0.5) is 0 Å². The second-order valence-corrected chi connectivity index (χ2v) is 8.08. The Balaban J connectivity index is 1.56. The molecule has 1 aliphatic carbocycles. The van der Waals surface area contributed by atoms with E-state index in [9.17, 15) is 4.79 Å². The van der Waals surface area contributed by atoms with Crippen LogP contribution in [0.3, 0.4) is 0 Å². The molecule has 0 amide bonds. The molecular weight excluding hydrogens is 332 g/mol. The number of ether oxygens (including phenoxy) is 1. The zero-order valence-electron chi connectivity index (χ0n) is 16.9. The van der Waals surface area contributed by atoms with E-state index < -0.39 is 0 Å². The molecular formula is C25H32O2. The third-order valence-electron chi connectivity index (χ3n) is 5.87. The normalized spacial score (nSPS) is 20.0. The minimum atomic E-state index is -0.0654. The summed E-state index contributed by atoms with van der Waals surface area (Å²) in [5.74, 6) is 2.01. The minimum absolute atomic E-state index is 0.0654. The molecule has 2 nitrogen and oxygen atoms in total. The first-order valence-corrected chi connectivity index (χ1v) is 10.5. The molecule has 3 rings (SSSR count). The van der Waals surface area contributed by atoms with Crippen LogP contribution in [0.25, 0.3) is 11.1 Å². The van der Waals surface area contributed by atoms with Crippen molar-refractivity contribution in [3.05, 3.63) is 54.1 Å². The largest absolute Gasteiger partial charge is 0.426 e. The van der Waals surface area contributed by atoms with Gasteiger partial charge in [0, 0.05) is 0 Å². The molecule has 2 aromatic carbocycles. The molecule has 2 aromatic rings. The highest BCUT2D eigenvalue weighted by atomic mass is 16.5. The first kappa shape index (κ1) is 19.7. The predicted octanol–water partition coefficient (Wildman–Crippen LogP) is 6.99. The third kappa shape index (κ3) is 5.00. The summed E-state index contributed by atoms with van der Waals surface area (Å²) in [4.78, 5) is 12.2. The van der Waals surface area contributed by atoms with Crippen molar-refractivity contribution in [2.45, 2.75) is 65.2 Å². The van der Waals surface area contributed by atoms with Gasteiger partial charge in [0.2, 0.25) is 0 Å². The van der Waals surface area contributed by atoms with Gasteiger partial charge in [-0.3, -0.25) is 4.79 Å². The van der Waals surface area contributed by atoms with Crippen molar-refractivity contribution in [1.82, 2.24) is 0 Å². The first-order chi connectivity index (χ1) is 13.1. The number of benzene rings is 2. The Morgan fingerprint density at radius 3 is 2.11 bits per heavy atom. The SMILES string of the molecule is CCCC1CC(C(=O)Oc2ccc(-c3ccc([C@H](C)CCC)cc3)cc2)C1. The number of hydrogen-bond donors (Lipinski definition) is 0. The van der Waals surface area contributed by atoms with E-state index >= 15 is 0 Å². The van der Waals surface area contributed by atoms with Crippen molar-refractivity contribution in [1.29, 1.82) is 0 Å². The van der Waals surface area contributed by atoms with Crippen molar-refractivity contribution in [2.24, 2.45) is 11.8 Å². The van der Waals surface area contributed by atoms with Crippen LogP contribution in [0, 0.1) is 11.8 Å². The Bertz CT molecular complexity index is 724. The van der Waals surface area contributed by atoms with E-state index in [1.165, 1.54) is 36.8 Å². The van der Waals surface area contributed by atoms with Gasteiger partial charge in [-0.15, -0.1) is 0 Å². The van der Waals surface area contributed by atoms with Gasteiger partial charge in [0.15, 0.2) is 0 Å². The van der Waals surface area contributed by atoms with Crippen LogP contribution in [0.2, 0.25) is 0 Å². The molecule has 0 N–H and O–H groups in total. The number of hydrogen-bond acceptors (Lipinski definition) is 2. The van der Waals surface area contributed by atoms with Crippen LogP contribution in [0.5, 0.6) is 5.75 Å². The van der Waals surface area contributed by atoms with E-state index in [1.807, 2.05) is 24.3 Å². The molecule has 1 aliphatic rings. The number of carbonyl (C=O) groups is 1. The molecule has 0 bridgehead atoms. The summed E-state index contributed by atoms with van der Waals surface area (Å²) in [6.45, 7) is 6.72. The van der Waals surface area contributed by atoms with Crippen LogP contribution in [0.1, 0.15) is 70.8 Å². The quantitative estimate of drug-likeness (QED) is 0.373. The van der Waals surface area contributed by atoms with Crippen molar-refractivity contribution < 1.29 is 9.53 Å². The Labute approximate surface area is 164 Å². The van der Waals surface area contributed by atoms with E-state index in [2.05, 4.69) is 45.0 Å². The van der Waals surface area contributed by atoms with Gasteiger partial charge in [0.05, 0.1) is 5.92 Å². The minimum Gasteiger partial charge on any atom is -0.426 e. The number of esters is 1. The molecule has 1 saturated carbocycles. The van der Waals surface area contributed by atoms with Gasteiger partial charge in [0.25, 0.3) is 0 Å². The summed E-state index contributed by atoms with van der Waals surface area (Å²) in [5, 5.41) is 0. The van der Waals surface area contributed by atoms with E-state index in [4.69, 9.17) is 4.74 Å². The molecule has 0 spiro atoms. The standard InChI is InChI=1S/C25H32O2/c1-4-6-18(3)20-8-10-21(11-9-20)22-12-14-24(15-13-22)27-25(26)23-16-19(17-23)7-5-2/h8-15,18-19,23H,4-7,16-17H2,1-3H3/t18-,19?,23?/m1/s1. The molecule has 1 atom stereocenters. The Morgan fingerprint density at radius 1 is 0.963 bits per heavy atom. The van der Waals surface area contributed by atoms with E-state index in [-0.39, 0.29) is 11.9 Å². The third-order valence-corrected chi connectivity index (χ3v) is 5.87. The number of carbonyl (C=O) groups excluding carboxylic acids is 1. The fourth-order valence-corrected chi connectivity index (χ4v) is 4.09. The maximum atomic E-state index is 12.2. The van der Waals surface area contributed by atoms with Crippen LogP contribution in [-0.2, 0) is 4.79 Å². The maximum Gasteiger partial charge on any atom is 0.314 e. The first-order valence-electron chi connectivity index (χ1n) is 10.5. The fourth-order valence-electron chi connectivity index (χ4n) is 4.09. The van der Waals surface area contributed by atoms with Gasteiger partial charge >= 0.3 is 5.97 Å². The van der Waals surface area contributed by atoms with Gasteiger partial charge in [-0.05, 0) is 59.9 Å². The Morgan fingerprint density at radius 2 is 1.56 bits per heavy atom. The molecule has 0 aromatic heterocycles. The lowest BCUT2D eigenvalue weighted by molar-refractivity contribution is -0.143. The van der Waals surface area contributed by atoms with Gasteiger partial charge in [-0.1, -0.05) is 76.4 Å². The zero-order valence-corrected chi connectivity index (χ0v) is 16.9. The lowest BCUT2D eigenvalue weighted by Crippen LogP contribution is -2.33. The maximum absolute atomic E-state index is 12.2. The van der Waals surface area contributed by atoms with Crippen LogP contribution < -0.4 is 4.74 Å². The molecule has 0 unspecified atom stereocenters. The van der Waals surface area contributed by atoms with Crippen LogP contribution in [-0.4, -0.2) is 5.97 Å². The zero-order chi connectivity index (χ0) is 19.2. The van der Waals surface area contributed by atoms with Gasteiger partial charge in [-0.25, -0.2) is 0 Å². The van der Waals surface area contributed by atoms with Crippen LogP contribution >= 0.6 is 0 Å². The summed E-state index contributed by atoms with van der Waals surface area (Å²) in [6.07, 6.45) is 6.85. The predicted molar refractivity (Wildman–Crippen MR) is 112 cm³/mol. The van der Waals surface area contributed by atoms with Gasteiger partial charge in [-0.2, -0.15) is 0 Å². The van der Waals surface area contributed by atoms with Gasteiger partial charge < -0.3 is 4.74 Å². The van der Waals surface area contributed by atoms with Crippen molar-refractivity contribution in [3.8, 4) is 16.9 Å². The number of rotatable bonds is 8. The molecule has 1 fully saturated rings. The molecule has 2 heteroatoms. The Kier molecular flexibility index (Phi) is 6.71. The highest BCUT2D eigenvalue weighted by molar-refractivity contribution is 5.76.